The van der Waals surface area contributed by atoms with Crippen LogP contribution in [0, 0.1) is 0 Å². The summed E-state index contributed by atoms with van der Waals surface area (Å²) < 4.78 is 31.3. The Morgan fingerprint density at radius 3 is 2.58 bits per heavy atom. The Morgan fingerprint density at radius 2 is 1.88 bits per heavy atom. The van der Waals surface area contributed by atoms with Gasteiger partial charge in [-0.3, -0.25) is 4.98 Å². The fraction of sp³-hybridized carbons (Fsp3) is 0.167. The number of fused-ring (bicyclic) bond motifs is 1. The summed E-state index contributed by atoms with van der Waals surface area (Å²) in [6.45, 7) is 0. The van der Waals surface area contributed by atoms with Gasteiger partial charge in [-0.2, -0.15) is 0 Å². The predicted molar refractivity (Wildman–Crippen MR) is 104 cm³/mol. The largest absolute Gasteiger partial charge is 0.495 e. The lowest BCUT2D eigenvalue weighted by Gasteiger charge is -2.14. The fourth-order valence-electron chi connectivity index (χ4n) is 2.50. The number of sulfonamides is 1. The zero-order valence-corrected chi connectivity index (χ0v) is 16.1. The molecule has 2 aromatic carbocycles. The molecule has 0 bridgehead atoms. The number of ether oxygens (including phenoxy) is 1. The highest BCUT2D eigenvalue weighted by atomic mass is 35.5. The van der Waals surface area contributed by atoms with Crippen LogP contribution in [0.15, 0.2) is 53.6 Å². The van der Waals surface area contributed by atoms with Gasteiger partial charge in [0, 0.05) is 43.1 Å². The van der Waals surface area contributed by atoms with Gasteiger partial charge in [-0.15, -0.1) is 0 Å². The summed E-state index contributed by atoms with van der Waals surface area (Å²) in [6, 6.07) is 12.0. The lowest BCUT2D eigenvalue weighted by molar-refractivity contribution is 0.415. The molecule has 8 heteroatoms. The minimum atomic E-state index is -3.53. The molecule has 6 nitrogen and oxygen atoms in total. The molecule has 1 heterocycles. The second-order valence-electron chi connectivity index (χ2n) is 5.80. The highest BCUT2D eigenvalue weighted by molar-refractivity contribution is 7.89. The summed E-state index contributed by atoms with van der Waals surface area (Å²) in [6.07, 6.45) is 1.66. The molecule has 0 spiro atoms. The first-order chi connectivity index (χ1) is 12.3. The predicted octanol–water partition coefficient (Wildman–Crippen LogP) is 3.89. The molecule has 3 aromatic rings. The second kappa shape index (κ2) is 7.11. The van der Waals surface area contributed by atoms with Gasteiger partial charge in [-0.25, -0.2) is 12.7 Å². The van der Waals surface area contributed by atoms with E-state index in [4.69, 9.17) is 16.3 Å². The molecule has 3 rings (SSSR count). The molecule has 0 saturated carbocycles. The average molecular weight is 392 g/mol. The summed E-state index contributed by atoms with van der Waals surface area (Å²) in [4.78, 5) is 4.51. The summed E-state index contributed by atoms with van der Waals surface area (Å²) in [5.74, 6) is 0.547. The topological polar surface area (TPSA) is 71.5 Å². The number of aromatic nitrogens is 1. The molecule has 136 valence electrons. The molecule has 0 atom stereocenters. The third-order valence-corrected chi connectivity index (χ3v) is 6.05. The van der Waals surface area contributed by atoms with Crippen molar-refractivity contribution in [2.45, 2.75) is 4.90 Å². The van der Waals surface area contributed by atoms with Gasteiger partial charge in [0.1, 0.15) is 5.75 Å². The van der Waals surface area contributed by atoms with E-state index in [1.165, 1.54) is 18.4 Å². The van der Waals surface area contributed by atoms with E-state index < -0.39 is 10.0 Å². The minimum Gasteiger partial charge on any atom is -0.495 e. The van der Waals surface area contributed by atoms with Gasteiger partial charge < -0.3 is 10.1 Å². The van der Waals surface area contributed by atoms with Crippen molar-refractivity contribution >= 4 is 43.9 Å². The third kappa shape index (κ3) is 3.46. The van der Waals surface area contributed by atoms with Crippen LogP contribution in [-0.2, 0) is 10.0 Å². The Labute approximate surface area is 157 Å². The van der Waals surface area contributed by atoms with Crippen molar-refractivity contribution in [1.29, 1.82) is 0 Å². The number of nitrogens with zero attached hydrogens (tertiary/aromatic N) is 2. The standard InChI is InChI=1S/C18H18ClN3O3S/c1-22(2)26(23,24)13-5-7-16-14(11-13)17(8-9-20-16)21-12-4-6-15(19)18(10-12)25-3/h4-11H,1-3H3,(H,20,21). The molecule has 0 aliphatic rings. The lowest BCUT2D eigenvalue weighted by atomic mass is 10.2. The van der Waals surface area contributed by atoms with Gasteiger partial charge in [0.2, 0.25) is 10.0 Å². The Morgan fingerprint density at radius 1 is 1.12 bits per heavy atom. The van der Waals surface area contributed by atoms with E-state index in [0.717, 1.165) is 11.4 Å². The number of nitrogens with one attached hydrogen (secondary N) is 1. The summed E-state index contributed by atoms with van der Waals surface area (Å²) in [7, 11) is 1.02. The van der Waals surface area contributed by atoms with Crippen LogP contribution in [-0.4, -0.2) is 38.9 Å². The van der Waals surface area contributed by atoms with Gasteiger partial charge in [0.15, 0.2) is 0 Å². The van der Waals surface area contributed by atoms with Gasteiger partial charge in [0.25, 0.3) is 0 Å². The Bertz CT molecular complexity index is 1070. The van der Waals surface area contributed by atoms with Crippen molar-refractivity contribution in [3.05, 3.63) is 53.7 Å². The van der Waals surface area contributed by atoms with Crippen LogP contribution in [0.4, 0.5) is 11.4 Å². The van der Waals surface area contributed by atoms with E-state index in [-0.39, 0.29) is 4.90 Å². The number of methoxy groups -OCH3 is 1. The first-order valence-corrected chi connectivity index (χ1v) is 9.56. The van der Waals surface area contributed by atoms with Crippen LogP contribution >= 0.6 is 11.6 Å². The Kier molecular flexibility index (Phi) is 5.04. The monoisotopic (exact) mass is 391 g/mol. The maximum Gasteiger partial charge on any atom is 0.242 e. The van der Waals surface area contributed by atoms with Crippen LogP contribution in [0.1, 0.15) is 0 Å². The van der Waals surface area contributed by atoms with Crippen molar-refractivity contribution in [3.63, 3.8) is 0 Å². The fourth-order valence-corrected chi connectivity index (χ4v) is 3.62. The van der Waals surface area contributed by atoms with Crippen LogP contribution in [0.5, 0.6) is 5.75 Å². The van der Waals surface area contributed by atoms with E-state index in [9.17, 15) is 8.42 Å². The molecule has 0 radical (unpaired) electrons. The molecule has 0 unspecified atom stereocenters. The highest BCUT2D eigenvalue weighted by Gasteiger charge is 2.18. The van der Waals surface area contributed by atoms with Crippen molar-refractivity contribution in [2.24, 2.45) is 0 Å². The summed E-state index contributed by atoms with van der Waals surface area (Å²) >= 11 is 6.06. The van der Waals surface area contributed by atoms with E-state index in [0.29, 0.717) is 21.7 Å². The number of pyridine rings is 1. The van der Waals surface area contributed by atoms with E-state index in [1.807, 2.05) is 6.07 Å². The number of rotatable bonds is 5. The summed E-state index contributed by atoms with van der Waals surface area (Å²) in [5, 5.41) is 4.48. The zero-order chi connectivity index (χ0) is 18.9. The number of halogens is 1. The van der Waals surface area contributed by atoms with Crippen molar-refractivity contribution < 1.29 is 13.2 Å². The van der Waals surface area contributed by atoms with Crippen LogP contribution in [0.2, 0.25) is 5.02 Å². The number of benzene rings is 2. The van der Waals surface area contributed by atoms with Gasteiger partial charge in [-0.05, 0) is 36.4 Å². The molecule has 0 amide bonds. The summed E-state index contributed by atoms with van der Waals surface area (Å²) in [5.41, 5.74) is 2.18. The molecule has 1 N–H and O–H groups in total. The molecule has 0 saturated heterocycles. The maximum absolute atomic E-state index is 12.4. The van der Waals surface area contributed by atoms with E-state index in [1.54, 1.807) is 49.7 Å². The van der Waals surface area contributed by atoms with Gasteiger partial charge in [0.05, 0.1) is 22.5 Å². The Hall–Kier alpha value is -2.35. The van der Waals surface area contributed by atoms with Crippen LogP contribution < -0.4 is 10.1 Å². The quantitative estimate of drug-likeness (QED) is 0.714. The molecule has 0 fully saturated rings. The molecular formula is C18H18ClN3O3S. The molecular weight excluding hydrogens is 374 g/mol. The van der Waals surface area contributed by atoms with Crippen molar-refractivity contribution in [1.82, 2.24) is 9.29 Å². The second-order valence-corrected chi connectivity index (χ2v) is 8.36. The Balaban J connectivity index is 2.09. The van der Waals surface area contributed by atoms with Crippen LogP contribution in [0.25, 0.3) is 10.9 Å². The number of hydrogen-bond acceptors (Lipinski definition) is 5. The van der Waals surface area contributed by atoms with Crippen LogP contribution in [0.3, 0.4) is 0 Å². The van der Waals surface area contributed by atoms with Gasteiger partial charge in [-0.1, -0.05) is 11.6 Å². The minimum absolute atomic E-state index is 0.208. The number of hydrogen-bond donors (Lipinski definition) is 1. The third-order valence-electron chi connectivity index (χ3n) is 3.92. The smallest absolute Gasteiger partial charge is 0.242 e. The molecule has 1 aromatic heterocycles. The first kappa shape index (κ1) is 18.4. The number of anilines is 2. The maximum atomic E-state index is 12.4. The van der Waals surface area contributed by atoms with E-state index in [2.05, 4.69) is 10.3 Å². The van der Waals surface area contributed by atoms with Crippen molar-refractivity contribution in [3.8, 4) is 5.75 Å². The molecule has 0 aliphatic carbocycles. The zero-order valence-electron chi connectivity index (χ0n) is 14.5. The highest BCUT2D eigenvalue weighted by Crippen LogP contribution is 2.32. The molecule has 26 heavy (non-hydrogen) atoms. The molecule has 0 aliphatic heterocycles. The normalized spacial score (nSPS) is 11.7. The lowest BCUT2D eigenvalue weighted by Crippen LogP contribution is -2.22. The van der Waals surface area contributed by atoms with Gasteiger partial charge >= 0.3 is 0 Å². The van der Waals surface area contributed by atoms with Crippen molar-refractivity contribution in [2.75, 3.05) is 26.5 Å². The first-order valence-electron chi connectivity index (χ1n) is 7.75. The van der Waals surface area contributed by atoms with E-state index >= 15 is 0 Å². The average Bonchev–Trinajstić information content (AvgIpc) is 2.63. The SMILES string of the molecule is COc1cc(Nc2ccnc3ccc(S(=O)(=O)N(C)C)cc23)ccc1Cl.